The summed E-state index contributed by atoms with van der Waals surface area (Å²) in [4.78, 5) is 0. The quantitative estimate of drug-likeness (QED) is 0.350. The predicted molar refractivity (Wildman–Crippen MR) is 25.1 cm³/mol. The number of hydrogen-bond donors (Lipinski definition) is 0. The maximum Gasteiger partial charge on any atom is 0.251 e. The summed E-state index contributed by atoms with van der Waals surface area (Å²) in [6, 6.07) is 0. The van der Waals surface area contributed by atoms with Crippen LogP contribution in [-0.2, 0) is 4.57 Å². The number of rotatable bonds is 1. The van der Waals surface area contributed by atoms with Crippen molar-refractivity contribution in [3.63, 3.8) is 0 Å². The molecule has 0 radical (unpaired) electrons. The fraction of sp³-hybridized carbons (Fsp3) is 1.00. The van der Waals surface area contributed by atoms with E-state index in [2.05, 4.69) is 0 Å². The summed E-state index contributed by atoms with van der Waals surface area (Å²) in [7, 11) is 0.247. The van der Waals surface area contributed by atoms with Gasteiger partial charge in [-0.05, 0) is 0 Å². The van der Waals surface area contributed by atoms with E-state index in [0.29, 0.717) is 6.43 Å². The maximum atomic E-state index is 9.60. The average molecular weight is 87.9 g/mol. The monoisotopic (exact) mass is 88.0 g/mol. The molecule has 3 heteroatoms. The Labute approximate surface area is 34.0 Å². The fourth-order valence-corrected chi connectivity index (χ4v) is 0. The lowest BCUT2D eigenvalue weighted by molar-refractivity contribution is 0.604. The van der Waals surface area contributed by atoms with Gasteiger partial charge in [-0.25, -0.2) is 0 Å². The zero-order chi connectivity index (χ0) is 4.28. The van der Waals surface area contributed by atoms with Crippen LogP contribution in [0, 0.1) is 0 Å². The van der Waals surface area contributed by atoms with Crippen LogP contribution in [0.25, 0.3) is 0 Å². The van der Waals surface area contributed by atoms with Gasteiger partial charge in [0.05, 0.1) is 8.34 Å². The first-order chi connectivity index (χ1) is 2.27. The van der Waals surface area contributed by atoms with Crippen molar-refractivity contribution in [3.05, 3.63) is 0 Å². The van der Waals surface area contributed by atoms with Crippen LogP contribution in [0.2, 0.25) is 13.6 Å². The molecule has 0 aromatic heterocycles. The molecular weight excluding hydrogens is 81.8 g/mol. The van der Waals surface area contributed by atoms with Crippen LogP contribution in [0.15, 0.2) is 0 Å². The Kier molecular flexibility index (Phi) is 2.48. The van der Waals surface area contributed by atoms with Crippen molar-refractivity contribution < 1.29 is 4.57 Å². The second kappa shape index (κ2) is 2.41. The maximum absolute atomic E-state index is 9.60. The SMILES string of the molecule is CB(C)P=O. The standard InChI is InChI=1S/C2H6BOP/c1-3(2)5-4/h1-2H3. The van der Waals surface area contributed by atoms with Crippen LogP contribution >= 0.6 is 8.34 Å². The fourth-order valence-electron chi connectivity index (χ4n) is 0. The van der Waals surface area contributed by atoms with Crippen LogP contribution in [-0.4, -0.2) is 6.43 Å². The molecular formula is C2H6BOP. The van der Waals surface area contributed by atoms with E-state index < -0.39 is 0 Å². The molecule has 0 saturated carbocycles. The van der Waals surface area contributed by atoms with E-state index in [-0.39, 0.29) is 8.34 Å². The summed E-state index contributed by atoms with van der Waals surface area (Å²) >= 11 is 0. The molecule has 0 heterocycles. The Bertz CT molecular complexity index is 36.6. The van der Waals surface area contributed by atoms with Gasteiger partial charge in [0.15, 0.2) is 0 Å². The highest BCUT2D eigenvalue weighted by atomic mass is 31.1. The molecule has 0 spiro atoms. The van der Waals surface area contributed by atoms with E-state index in [1.54, 1.807) is 0 Å². The molecule has 0 fully saturated rings. The van der Waals surface area contributed by atoms with Gasteiger partial charge >= 0.3 is 0 Å². The predicted octanol–water partition coefficient (Wildman–Crippen LogP) is 1.53. The molecule has 0 atom stereocenters. The van der Waals surface area contributed by atoms with E-state index >= 15 is 0 Å². The molecule has 0 aliphatic rings. The minimum atomic E-state index is 0.247. The first-order valence-corrected chi connectivity index (χ1v) is 2.48. The normalized spacial score (nSPS) is 8.40. The molecule has 28 valence electrons. The van der Waals surface area contributed by atoms with Gasteiger partial charge in [0, 0.05) is 0 Å². The van der Waals surface area contributed by atoms with Crippen LogP contribution < -0.4 is 0 Å². The van der Waals surface area contributed by atoms with Gasteiger partial charge < -0.3 is 0 Å². The summed E-state index contributed by atoms with van der Waals surface area (Å²) in [5.74, 6) is 0. The molecule has 0 bridgehead atoms. The lowest BCUT2D eigenvalue weighted by Crippen LogP contribution is -1.80. The Morgan fingerprint density at radius 2 is 1.80 bits per heavy atom. The second-order valence-corrected chi connectivity index (χ2v) is 2.44. The van der Waals surface area contributed by atoms with E-state index in [1.807, 2.05) is 13.6 Å². The highest BCUT2D eigenvalue weighted by molar-refractivity contribution is 7.66. The Morgan fingerprint density at radius 3 is 1.80 bits per heavy atom. The van der Waals surface area contributed by atoms with E-state index in [1.165, 1.54) is 0 Å². The van der Waals surface area contributed by atoms with Gasteiger partial charge in [-0.15, -0.1) is 0 Å². The van der Waals surface area contributed by atoms with E-state index in [0.717, 1.165) is 0 Å². The highest BCUT2D eigenvalue weighted by Crippen LogP contribution is 1.95. The minimum Gasteiger partial charge on any atom is -0.288 e. The van der Waals surface area contributed by atoms with Gasteiger partial charge in [0.25, 0.3) is 6.43 Å². The van der Waals surface area contributed by atoms with Gasteiger partial charge in [-0.3, -0.25) is 4.57 Å². The zero-order valence-electron chi connectivity index (χ0n) is 3.43. The zero-order valence-corrected chi connectivity index (χ0v) is 4.33. The van der Waals surface area contributed by atoms with Crippen molar-refractivity contribution in [3.8, 4) is 0 Å². The van der Waals surface area contributed by atoms with E-state index in [9.17, 15) is 4.57 Å². The van der Waals surface area contributed by atoms with Crippen molar-refractivity contribution in [2.24, 2.45) is 0 Å². The van der Waals surface area contributed by atoms with Crippen molar-refractivity contribution in [2.45, 2.75) is 13.6 Å². The molecule has 0 amide bonds. The average Bonchev–Trinajstić information content (AvgIpc) is 1.38. The Morgan fingerprint density at radius 1 is 1.60 bits per heavy atom. The molecule has 0 rings (SSSR count). The van der Waals surface area contributed by atoms with Gasteiger partial charge in [-0.2, -0.15) is 0 Å². The Balaban J connectivity index is 2.83. The van der Waals surface area contributed by atoms with Crippen LogP contribution in [0.4, 0.5) is 0 Å². The number of hydrogen-bond acceptors (Lipinski definition) is 1. The topological polar surface area (TPSA) is 17.1 Å². The summed E-state index contributed by atoms with van der Waals surface area (Å²) in [6.45, 7) is 3.79. The van der Waals surface area contributed by atoms with Crippen LogP contribution in [0.3, 0.4) is 0 Å². The van der Waals surface area contributed by atoms with Crippen molar-refractivity contribution in [1.82, 2.24) is 0 Å². The molecule has 0 unspecified atom stereocenters. The molecule has 5 heavy (non-hydrogen) atoms. The minimum absolute atomic E-state index is 0.247. The highest BCUT2D eigenvalue weighted by Gasteiger charge is 1.90. The van der Waals surface area contributed by atoms with Crippen LogP contribution in [0.5, 0.6) is 0 Å². The largest absolute Gasteiger partial charge is 0.288 e. The van der Waals surface area contributed by atoms with E-state index in [4.69, 9.17) is 0 Å². The molecule has 0 saturated heterocycles. The molecule has 0 aromatic rings. The van der Waals surface area contributed by atoms with Crippen molar-refractivity contribution in [2.75, 3.05) is 0 Å². The molecule has 0 N–H and O–H groups in total. The summed E-state index contributed by atoms with van der Waals surface area (Å²) in [5.41, 5.74) is 0. The molecule has 0 aliphatic heterocycles. The van der Waals surface area contributed by atoms with Crippen LogP contribution in [0.1, 0.15) is 0 Å². The first kappa shape index (κ1) is 5.16. The van der Waals surface area contributed by atoms with Gasteiger partial charge in [0.1, 0.15) is 0 Å². The summed E-state index contributed by atoms with van der Waals surface area (Å²) in [6.07, 6.45) is 0.301. The third kappa shape index (κ3) is 4.16. The molecule has 1 nitrogen and oxygen atoms in total. The lowest BCUT2D eigenvalue weighted by atomic mass is 9.84. The van der Waals surface area contributed by atoms with Crippen molar-refractivity contribution >= 4 is 14.8 Å². The Hall–Kier alpha value is 0.165. The van der Waals surface area contributed by atoms with Gasteiger partial charge in [-0.1, -0.05) is 13.6 Å². The first-order valence-electron chi connectivity index (χ1n) is 1.60. The van der Waals surface area contributed by atoms with Crippen molar-refractivity contribution in [1.29, 1.82) is 0 Å². The van der Waals surface area contributed by atoms with Gasteiger partial charge in [0.2, 0.25) is 0 Å². The smallest absolute Gasteiger partial charge is 0.251 e. The lowest BCUT2D eigenvalue weighted by Gasteiger charge is -1.69. The summed E-state index contributed by atoms with van der Waals surface area (Å²) in [5, 5.41) is 0. The second-order valence-electron chi connectivity index (χ2n) is 1.20. The molecule has 0 aromatic carbocycles. The third-order valence-corrected chi connectivity index (χ3v) is 0.632. The molecule has 0 aliphatic carbocycles. The third-order valence-electron chi connectivity index (χ3n) is 0.211. The summed E-state index contributed by atoms with van der Waals surface area (Å²) < 4.78 is 9.60.